The zero-order valence-electron chi connectivity index (χ0n) is 13.0. The molecule has 1 aliphatic heterocycles. The summed E-state index contributed by atoms with van der Waals surface area (Å²) < 4.78 is 1.84. The van der Waals surface area contributed by atoms with Crippen molar-refractivity contribution in [3.05, 3.63) is 41.7 Å². The second-order valence-electron chi connectivity index (χ2n) is 5.87. The molecule has 1 aliphatic rings. The molecule has 0 amide bonds. The molecular formula is C17H24N4. The first kappa shape index (κ1) is 14.0. The number of anilines is 2. The van der Waals surface area contributed by atoms with Crippen LogP contribution in [0.1, 0.15) is 30.5 Å². The van der Waals surface area contributed by atoms with E-state index in [9.17, 15) is 0 Å². The maximum atomic E-state index is 4.35. The number of benzene rings is 1. The number of aromatic nitrogens is 2. The van der Waals surface area contributed by atoms with Gasteiger partial charge in [-0.2, -0.15) is 5.10 Å². The molecule has 112 valence electrons. The molecule has 0 unspecified atom stereocenters. The molecule has 0 bridgehead atoms. The highest BCUT2D eigenvalue weighted by Crippen LogP contribution is 2.21. The summed E-state index contributed by atoms with van der Waals surface area (Å²) in [6.07, 6.45) is 6.05. The summed E-state index contributed by atoms with van der Waals surface area (Å²) in [4.78, 5) is 2.49. The molecule has 1 N–H and O–H groups in total. The second-order valence-corrected chi connectivity index (χ2v) is 5.87. The monoisotopic (exact) mass is 284 g/mol. The molecule has 0 atom stereocenters. The van der Waals surface area contributed by atoms with Crippen molar-refractivity contribution in [2.75, 3.05) is 23.3 Å². The Morgan fingerprint density at radius 1 is 1.10 bits per heavy atom. The van der Waals surface area contributed by atoms with Crippen LogP contribution in [0.25, 0.3) is 0 Å². The maximum absolute atomic E-state index is 4.35. The molecule has 0 spiro atoms. The first-order valence-electron chi connectivity index (χ1n) is 7.80. The first-order valence-corrected chi connectivity index (χ1v) is 7.80. The summed E-state index contributed by atoms with van der Waals surface area (Å²) >= 11 is 0. The molecule has 1 aromatic heterocycles. The van der Waals surface area contributed by atoms with Gasteiger partial charge in [0.15, 0.2) is 0 Å². The molecule has 1 fully saturated rings. The lowest BCUT2D eigenvalue weighted by Crippen LogP contribution is -2.29. The Labute approximate surface area is 126 Å². The van der Waals surface area contributed by atoms with Crippen molar-refractivity contribution >= 4 is 11.4 Å². The van der Waals surface area contributed by atoms with E-state index >= 15 is 0 Å². The van der Waals surface area contributed by atoms with Gasteiger partial charge in [0.1, 0.15) is 0 Å². The molecule has 4 nitrogen and oxygen atoms in total. The van der Waals surface area contributed by atoms with Gasteiger partial charge in [0.25, 0.3) is 0 Å². The average Bonchev–Trinajstić information content (AvgIpc) is 2.84. The summed E-state index contributed by atoms with van der Waals surface area (Å²) in [5, 5.41) is 7.80. The molecule has 0 aliphatic carbocycles. The van der Waals surface area contributed by atoms with Gasteiger partial charge in [-0.1, -0.05) is 12.1 Å². The SMILES string of the molecule is Cc1nn(C)cc1NCc1ccc(N2CCCCC2)cc1. The van der Waals surface area contributed by atoms with Crippen LogP contribution in [0.4, 0.5) is 11.4 Å². The summed E-state index contributed by atoms with van der Waals surface area (Å²) in [6, 6.07) is 8.95. The normalized spacial score (nSPS) is 15.2. The molecule has 4 heteroatoms. The number of hydrogen-bond donors (Lipinski definition) is 1. The third-order valence-electron chi connectivity index (χ3n) is 4.15. The molecule has 21 heavy (non-hydrogen) atoms. The van der Waals surface area contributed by atoms with Crippen LogP contribution >= 0.6 is 0 Å². The maximum Gasteiger partial charge on any atom is 0.0825 e. The van der Waals surface area contributed by atoms with Crippen LogP contribution in [0.15, 0.2) is 30.5 Å². The molecule has 0 radical (unpaired) electrons. The average molecular weight is 284 g/mol. The fourth-order valence-corrected chi connectivity index (χ4v) is 2.95. The predicted molar refractivity (Wildman–Crippen MR) is 87.8 cm³/mol. The largest absolute Gasteiger partial charge is 0.378 e. The fraction of sp³-hybridized carbons (Fsp3) is 0.471. The molecule has 2 heterocycles. The Morgan fingerprint density at radius 3 is 2.43 bits per heavy atom. The van der Waals surface area contributed by atoms with Crippen molar-refractivity contribution in [2.45, 2.75) is 32.7 Å². The van der Waals surface area contributed by atoms with E-state index in [1.54, 1.807) is 0 Å². The number of nitrogens with one attached hydrogen (secondary N) is 1. The summed E-state index contributed by atoms with van der Waals surface area (Å²) in [6.45, 7) is 5.27. The van der Waals surface area contributed by atoms with Gasteiger partial charge in [-0.05, 0) is 43.9 Å². The van der Waals surface area contributed by atoms with Crippen molar-refractivity contribution < 1.29 is 0 Å². The number of rotatable bonds is 4. The highest BCUT2D eigenvalue weighted by atomic mass is 15.3. The minimum absolute atomic E-state index is 0.840. The Bertz CT molecular complexity index is 579. The topological polar surface area (TPSA) is 33.1 Å². The number of hydrogen-bond acceptors (Lipinski definition) is 3. The summed E-state index contributed by atoms with van der Waals surface area (Å²) in [5.41, 5.74) is 4.81. The molecule has 0 saturated carbocycles. The van der Waals surface area contributed by atoms with E-state index in [-0.39, 0.29) is 0 Å². The van der Waals surface area contributed by atoms with Gasteiger partial charge in [0.2, 0.25) is 0 Å². The predicted octanol–water partition coefficient (Wildman–Crippen LogP) is 3.33. The van der Waals surface area contributed by atoms with Crippen LogP contribution < -0.4 is 10.2 Å². The Hall–Kier alpha value is -1.97. The van der Waals surface area contributed by atoms with Gasteiger partial charge in [-0.25, -0.2) is 0 Å². The van der Waals surface area contributed by atoms with E-state index in [0.717, 1.165) is 17.9 Å². The third-order valence-corrected chi connectivity index (χ3v) is 4.15. The lowest BCUT2D eigenvalue weighted by molar-refractivity contribution is 0.578. The van der Waals surface area contributed by atoms with Gasteiger partial charge in [0, 0.05) is 38.6 Å². The van der Waals surface area contributed by atoms with Crippen molar-refractivity contribution in [1.82, 2.24) is 9.78 Å². The number of nitrogens with zero attached hydrogens (tertiary/aromatic N) is 3. The van der Waals surface area contributed by atoms with Gasteiger partial charge in [-0.3, -0.25) is 4.68 Å². The fourth-order valence-electron chi connectivity index (χ4n) is 2.95. The quantitative estimate of drug-likeness (QED) is 0.935. The van der Waals surface area contributed by atoms with E-state index in [2.05, 4.69) is 39.6 Å². The summed E-state index contributed by atoms with van der Waals surface area (Å²) in [7, 11) is 1.95. The van der Waals surface area contributed by atoms with Crippen molar-refractivity contribution in [2.24, 2.45) is 7.05 Å². The lowest BCUT2D eigenvalue weighted by Gasteiger charge is -2.28. The standard InChI is InChI=1S/C17H24N4/c1-14-17(13-20(2)19-14)18-12-15-6-8-16(9-7-15)21-10-4-3-5-11-21/h6-9,13,18H,3-5,10-12H2,1-2H3. The molecule has 1 aromatic carbocycles. The summed E-state index contributed by atoms with van der Waals surface area (Å²) in [5.74, 6) is 0. The first-order chi connectivity index (χ1) is 10.2. The van der Waals surface area contributed by atoms with Crippen LogP contribution in [-0.2, 0) is 13.6 Å². The smallest absolute Gasteiger partial charge is 0.0825 e. The van der Waals surface area contributed by atoms with Gasteiger partial charge < -0.3 is 10.2 Å². The highest BCUT2D eigenvalue weighted by molar-refractivity contribution is 5.49. The Morgan fingerprint density at radius 2 is 1.81 bits per heavy atom. The van der Waals surface area contributed by atoms with Crippen molar-refractivity contribution in [3.8, 4) is 0 Å². The number of piperidine rings is 1. The van der Waals surface area contributed by atoms with E-state index < -0.39 is 0 Å². The highest BCUT2D eigenvalue weighted by Gasteiger charge is 2.10. The minimum atomic E-state index is 0.840. The molecule has 3 rings (SSSR count). The van der Waals surface area contributed by atoms with Crippen LogP contribution in [0.3, 0.4) is 0 Å². The zero-order valence-corrected chi connectivity index (χ0v) is 13.0. The van der Waals surface area contributed by atoms with Gasteiger partial charge in [-0.15, -0.1) is 0 Å². The van der Waals surface area contributed by atoms with Crippen LogP contribution in [0, 0.1) is 6.92 Å². The van der Waals surface area contributed by atoms with Crippen molar-refractivity contribution in [3.63, 3.8) is 0 Å². The zero-order chi connectivity index (χ0) is 14.7. The minimum Gasteiger partial charge on any atom is -0.378 e. The Kier molecular flexibility index (Phi) is 4.13. The van der Waals surface area contributed by atoms with Gasteiger partial charge in [0.05, 0.1) is 11.4 Å². The lowest BCUT2D eigenvalue weighted by atomic mass is 10.1. The molecule has 1 saturated heterocycles. The molecular weight excluding hydrogens is 260 g/mol. The Balaban J connectivity index is 1.60. The third kappa shape index (κ3) is 3.38. The van der Waals surface area contributed by atoms with E-state index in [0.29, 0.717) is 0 Å². The number of aryl methyl sites for hydroxylation is 2. The van der Waals surface area contributed by atoms with Crippen LogP contribution in [0.2, 0.25) is 0 Å². The van der Waals surface area contributed by atoms with Gasteiger partial charge >= 0.3 is 0 Å². The van der Waals surface area contributed by atoms with Crippen LogP contribution in [-0.4, -0.2) is 22.9 Å². The second kappa shape index (κ2) is 6.20. The van der Waals surface area contributed by atoms with E-state index in [4.69, 9.17) is 0 Å². The van der Waals surface area contributed by atoms with Crippen molar-refractivity contribution in [1.29, 1.82) is 0 Å². The van der Waals surface area contributed by atoms with Crippen LogP contribution in [0.5, 0.6) is 0 Å². The van der Waals surface area contributed by atoms with E-state index in [1.807, 2.05) is 24.9 Å². The van der Waals surface area contributed by atoms with E-state index in [1.165, 1.54) is 43.6 Å². The molecule has 2 aromatic rings.